The number of nitrogens with zero attached hydrogens (tertiary/aromatic N) is 1. The maximum Gasteiger partial charge on any atom is 0.249 e. The van der Waals surface area contributed by atoms with E-state index in [-0.39, 0.29) is 6.42 Å². The van der Waals surface area contributed by atoms with Crippen molar-refractivity contribution in [2.24, 2.45) is 5.10 Å². The number of halogens is 3. The highest BCUT2D eigenvalue weighted by Crippen LogP contribution is 2.19. The summed E-state index contributed by atoms with van der Waals surface area (Å²) in [5.74, 6) is -1.04. The zero-order valence-electron chi connectivity index (χ0n) is 12.2. The molecule has 0 radical (unpaired) electrons. The van der Waals surface area contributed by atoms with Gasteiger partial charge in [-0.3, -0.25) is 9.59 Å². The normalized spacial score (nSPS) is 10.6. The van der Waals surface area contributed by atoms with Crippen LogP contribution in [0.5, 0.6) is 0 Å². The number of benzene rings is 2. The third-order valence-electron chi connectivity index (χ3n) is 2.78. The van der Waals surface area contributed by atoms with Crippen LogP contribution in [0.3, 0.4) is 0 Å². The highest BCUT2D eigenvalue weighted by molar-refractivity contribution is 6.36. The number of carbonyl (C=O) groups is 2. The van der Waals surface area contributed by atoms with Crippen molar-refractivity contribution in [1.82, 2.24) is 5.43 Å². The van der Waals surface area contributed by atoms with Crippen molar-refractivity contribution < 1.29 is 9.59 Å². The summed E-state index contributed by atoms with van der Waals surface area (Å²) in [4.78, 5) is 23.4. The molecule has 0 spiro atoms. The number of hydrogen-bond acceptors (Lipinski definition) is 3. The topological polar surface area (TPSA) is 70.6 Å². The summed E-state index contributed by atoms with van der Waals surface area (Å²) in [6, 6.07) is 11.5. The molecule has 0 saturated heterocycles. The molecule has 124 valence electrons. The van der Waals surface area contributed by atoms with Crippen molar-refractivity contribution in [3.8, 4) is 0 Å². The summed E-state index contributed by atoms with van der Waals surface area (Å²) in [5, 5.41) is 7.71. The minimum absolute atomic E-state index is 0.377. The predicted octanol–water partition coefficient (Wildman–Crippen LogP) is 4.13. The van der Waals surface area contributed by atoms with Crippen molar-refractivity contribution in [3.63, 3.8) is 0 Å². The Hall–Kier alpha value is -2.08. The molecule has 2 rings (SSSR count). The summed E-state index contributed by atoms with van der Waals surface area (Å²) >= 11 is 17.6. The lowest BCUT2D eigenvalue weighted by molar-refractivity contribution is -0.126. The second kappa shape index (κ2) is 8.68. The molecule has 2 N–H and O–H groups in total. The SMILES string of the molecule is O=C(CC(=O)Nc1cccc(Cl)c1)N/N=C/c1ccc(Cl)cc1Cl. The third kappa shape index (κ3) is 5.85. The lowest BCUT2D eigenvalue weighted by Crippen LogP contribution is -2.24. The Morgan fingerprint density at radius 1 is 1.00 bits per heavy atom. The molecule has 0 saturated carbocycles. The van der Waals surface area contributed by atoms with Gasteiger partial charge in [-0.15, -0.1) is 0 Å². The predicted molar refractivity (Wildman–Crippen MR) is 96.9 cm³/mol. The van der Waals surface area contributed by atoms with E-state index in [4.69, 9.17) is 34.8 Å². The Labute approximate surface area is 153 Å². The largest absolute Gasteiger partial charge is 0.326 e. The van der Waals surface area contributed by atoms with Crippen LogP contribution in [0.15, 0.2) is 47.6 Å². The van der Waals surface area contributed by atoms with Gasteiger partial charge in [0.15, 0.2) is 0 Å². The van der Waals surface area contributed by atoms with Gasteiger partial charge in [0.1, 0.15) is 6.42 Å². The van der Waals surface area contributed by atoms with Crippen LogP contribution in [0, 0.1) is 0 Å². The molecule has 0 fully saturated rings. The Morgan fingerprint density at radius 2 is 1.75 bits per heavy atom. The molecule has 0 aliphatic heterocycles. The fraction of sp³-hybridized carbons (Fsp3) is 0.0625. The van der Waals surface area contributed by atoms with Gasteiger partial charge >= 0.3 is 0 Å². The number of hydrogen-bond donors (Lipinski definition) is 2. The van der Waals surface area contributed by atoms with Crippen LogP contribution in [-0.2, 0) is 9.59 Å². The van der Waals surface area contributed by atoms with Crippen molar-refractivity contribution in [2.75, 3.05) is 5.32 Å². The highest BCUT2D eigenvalue weighted by atomic mass is 35.5. The number of rotatable bonds is 5. The molecule has 5 nitrogen and oxygen atoms in total. The Bertz CT molecular complexity index is 794. The highest BCUT2D eigenvalue weighted by Gasteiger charge is 2.09. The van der Waals surface area contributed by atoms with E-state index in [1.165, 1.54) is 6.21 Å². The lowest BCUT2D eigenvalue weighted by Gasteiger charge is -2.04. The van der Waals surface area contributed by atoms with E-state index in [1.54, 1.807) is 42.5 Å². The molecule has 2 amide bonds. The van der Waals surface area contributed by atoms with Gasteiger partial charge in [-0.2, -0.15) is 5.10 Å². The van der Waals surface area contributed by atoms with E-state index in [2.05, 4.69) is 15.8 Å². The van der Waals surface area contributed by atoms with E-state index in [9.17, 15) is 9.59 Å². The molecule has 0 unspecified atom stereocenters. The average Bonchev–Trinajstić information content (AvgIpc) is 2.49. The van der Waals surface area contributed by atoms with Gasteiger partial charge in [0.25, 0.3) is 0 Å². The minimum atomic E-state index is -0.559. The first kappa shape index (κ1) is 18.3. The molecule has 0 bridgehead atoms. The molecule has 0 heterocycles. The first-order chi connectivity index (χ1) is 11.4. The minimum Gasteiger partial charge on any atom is -0.326 e. The van der Waals surface area contributed by atoms with Crippen molar-refractivity contribution in [3.05, 3.63) is 63.1 Å². The van der Waals surface area contributed by atoms with Crippen LogP contribution in [0.4, 0.5) is 5.69 Å². The monoisotopic (exact) mass is 383 g/mol. The van der Waals surface area contributed by atoms with Crippen LogP contribution in [0.2, 0.25) is 15.1 Å². The van der Waals surface area contributed by atoms with Gasteiger partial charge in [-0.05, 0) is 30.3 Å². The van der Waals surface area contributed by atoms with Crippen LogP contribution in [0.1, 0.15) is 12.0 Å². The van der Waals surface area contributed by atoms with E-state index < -0.39 is 11.8 Å². The Morgan fingerprint density at radius 3 is 2.46 bits per heavy atom. The van der Waals surface area contributed by atoms with Crippen LogP contribution in [-0.4, -0.2) is 18.0 Å². The summed E-state index contributed by atoms with van der Waals surface area (Å²) in [7, 11) is 0. The van der Waals surface area contributed by atoms with E-state index in [0.717, 1.165) is 0 Å². The molecule has 2 aromatic carbocycles. The van der Waals surface area contributed by atoms with Crippen molar-refractivity contribution in [2.45, 2.75) is 6.42 Å². The zero-order chi connectivity index (χ0) is 17.5. The van der Waals surface area contributed by atoms with E-state index in [1.807, 2.05) is 0 Å². The molecule has 24 heavy (non-hydrogen) atoms. The standard InChI is InChI=1S/C16H12Cl3N3O2/c17-11-2-1-3-13(6-11)21-15(23)8-16(24)22-20-9-10-4-5-12(18)7-14(10)19/h1-7,9H,8H2,(H,21,23)(H,22,24)/b20-9+. The number of amides is 2. The summed E-state index contributed by atoms with van der Waals surface area (Å²) in [6.07, 6.45) is 0.990. The number of nitrogens with one attached hydrogen (secondary N) is 2. The number of hydrazone groups is 1. The van der Waals surface area contributed by atoms with Gasteiger partial charge in [0.05, 0.1) is 11.2 Å². The Kier molecular flexibility index (Phi) is 6.61. The van der Waals surface area contributed by atoms with Crippen LogP contribution < -0.4 is 10.7 Å². The third-order valence-corrected chi connectivity index (χ3v) is 3.58. The fourth-order valence-electron chi connectivity index (χ4n) is 1.74. The molecular weight excluding hydrogens is 373 g/mol. The molecule has 0 atom stereocenters. The van der Waals surface area contributed by atoms with Gasteiger partial charge in [0, 0.05) is 21.3 Å². The van der Waals surface area contributed by atoms with Gasteiger partial charge in [0.2, 0.25) is 11.8 Å². The number of carbonyl (C=O) groups excluding carboxylic acids is 2. The van der Waals surface area contributed by atoms with Crippen molar-refractivity contribution in [1.29, 1.82) is 0 Å². The molecule has 0 aromatic heterocycles. The summed E-state index contributed by atoms with van der Waals surface area (Å²) in [5.41, 5.74) is 3.35. The summed E-state index contributed by atoms with van der Waals surface area (Å²) < 4.78 is 0. The smallest absolute Gasteiger partial charge is 0.249 e. The molecular formula is C16H12Cl3N3O2. The lowest BCUT2D eigenvalue weighted by atomic mass is 10.2. The first-order valence-corrected chi connectivity index (χ1v) is 7.90. The average molecular weight is 385 g/mol. The van der Waals surface area contributed by atoms with Gasteiger partial charge in [-0.25, -0.2) is 5.43 Å². The molecule has 2 aromatic rings. The van der Waals surface area contributed by atoms with Crippen LogP contribution >= 0.6 is 34.8 Å². The molecule has 0 aliphatic rings. The second-order valence-electron chi connectivity index (χ2n) is 4.69. The van der Waals surface area contributed by atoms with Gasteiger partial charge in [-0.1, -0.05) is 46.9 Å². The van der Waals surface area contributed by atoms with Gasteiger partial charge < -0.3 is 5.32 Å². The first-order valence-electron chi connectivity index (χ1n) is 6.76. The van der Waals surface area contributed by atoms with E-state index in [0.29, 0.717) is 26.3 Å². The molecule has 0 aliphatic carbocycles. The zero-order valence-corrected chi connectivity index (χ0v) is 14.5. The second-order valence-corrected chi connectivity index (χ2v) is 5.97. The van der Waals surface area contributed by atoms with E-state index >= 15 is 0 Å². The number of anilines is 1. The molecule has 8 heteroatoms. The van der Waals surface area contributed by atoms with Crippen molar-refractivity contribution >= 4 is 58.5 Å². The maximum absolute atomic E-state index is 11.8. The maximum atomic E-state index is 11.8. The fourth-order valence-corrected chi connectivity index (χ4v) is 2.38. The quantitative estimate of drug-likeness (QED) is 0.462. The Balaban J connectivity index is 1.84. The van der Waals surface area contributed by atoms with Crippen LogP contribution in [0.25, 0.3) is 0 Å². The summed E-state index contributed by atoms with van der Waals surface area (Å²) in [6.45, 7) is 0.